The van der Waals surface area contributed by atoms with Crippen LogP contribution in [0.5, 0.6) is 23.0 Å². The van der Waals surface area contributed by atoms with Gasteiger partial charge in [0, 0.05) is 118 Å². The van der Waals surface area contributed by atoms with Gasteiger partial charge in [-0.15, -0.1) is 5.10 Å². The number of aliphatic imine (C=N–C) groups is 2. The Kier molecular flexibility index (Phi) is 39.3. The fourth-order valence-corrected chi connectivity index (χ4v) is 18.8. The number of hydrogen-bond donors (Lipinski definition) is 7. The van der Waals surface area contributed by atoms with E-state index in [1.807, 2.05) is 44.9 Å². The lowest BCUT2D eigenvalue weighted by Crippen LogP contribution is -2.50. The molecule has 1 aliphatic carbocycles. The summed E-state index contributed by atoms with van der Waals surface area (Å²) in [6.45, 7) is 19.0. The fraction of sp³-hybridized carbons (Fsp3) is 0.343. The van der Waals surface area contributed by atoms with Crippen LogP contribution < -0.4 is 71.8 Å². The number of aryl methyl sites for hydroxylation is 1. The van der Waals surface area contributed by atoms with E-state index in [-0.39, 0.29) is 111 Å². The number of piperazine rings is 1. The van der Waals surface area contributed by atoms with Gasteiger partial charge in [-0.2, -0.15) is 0 Å². The van der Waals surface area contributed by atoms with Crippen molar-refractivity contribution in [2.75, 3.05) is 123 Å². The van der Waals surface area contributed by atoms with Gasteiger partial charge in [0.25, 0.3) is 5.91 Å². The molecule has 3 unspecified atom stereocenters. The Morgan fingerprint density at radius 1 is 0.537 bits per heavy atom. The van der Waals surface area contributed by atoms with Crippen LogP contribution in [0.25, 0.3) is 33.4 Å². The van der Waals surface area contributed by atoms with E-state index in [2.05, 4.69) is 110 Å². The number of rotatable bonds is 48. The largest absolute Gasteiger partial charge is 0.457 e. The first-order valence-corrected chi connectivity index (χ1v) is 48.5. The van der Waals surface area contributed by atoms with E-state index in [0.717, 1.165) is 108 Å². The summed E-state index contributed by atoms with van der Waals surface area (Å²) in [4.78, 5) is 91.5. The number of aromatic nitrogens is 3. The maximum absolute atomic E-state index is 14.9. The van der Waals surface area contributed by atoms with E-state index in [4.69, 9.17) is 73.9 Å². The molecule has 11 N–H and O–H groups in total. The molecular weight excluding hydrogens is 1780 g/mol. The third-order valence-corrected chi connectivity index (χ3v) is 25.7. The molecule has 3 aliphatic rings. The Hall–Kier alpha value is -14.0. The molecule has 1 saturated heterocycles. The van der Waals surface area contributed by atoms with Crippen molar-refractivity contribution >= 4 is 96.5 Å². The number of benzene rings is 9. The SMILES string of the molecule is CCN(CC)c1ccc2c(-c3ccccc3C(=O)N3CCN(C(=O)CCCCCCCn4cc(COCCOCCOC(=O)NC(c5ccc(N=C(N)N)cc5)P(=O)(Oc5ccccc5)Oc5ccccc5)nn4)CC3)c3ccc(=[N+](CC)CC)cc-3oc2c1.COCCOCCOC(=O)NC(c1ccc(N=C(N)N)cc1)P(=O)(Oc1ccc(CC(C)=O)cc1)Oc1ccc(NC(C)=O)cc1. The molecule has 3 heterocycles. The molecular formula is C99H121N16O19P2+. The summed E-state index contributed by atoms with van der Waals surface area (Å²) in [5.41, 5.74) is 30.8. The fourth-order valence-electron chi connectivity index (χ4n) is 15.0. The van der Waals surface area contributed by atoms with Crippen LogP contribution in [0.2, 0.25) is 0 Å². The average molecular weight is 1900 g/mol. The second-order valence-corrected chi connectivity index (χ2v) is 35.5. The molecule has 1 aromatic heterocycles. The molecule has 0 radical (unpaired) electrons. The highest BCUT2D eigenvalue weighted by atomic mass is 31.2. The third-order valence-electron chi connectivity index (χ3n) is 21.7. The van der Waals surface area contributed by atoms with E-state index in [1.165, 1.54) is 33.1 Å². The van der Waals surface area contributed by atoms with Crippen LogP contribution in [0.4, 0.5) is 32.3 Å². The lowest BCUT2D eigenvalue weighted by atomic mass is 9.90. The average Bonchev–Trinajstić information content (AvgIpc) is 0.759. The molecule has 720 valence electrons. The minimum atomic E-state index is -4.43. The van der Waals surface area contributed by atoms with Crippen molar-refractivity contribution in [3.63, 3.8) is 0 Å². The summed E-state index contributed by atoms with van der Waals surface area (Å²) in [6, 6.07) is 62.8. The number of hydrogen-bond acceptors (Lipinski definition) is 24. The van der Waals surface area contributed by atoms with Gasteiger partial charge in [-0.25, -0.2) is 33.3 Å². The number of carbonyl (C=O) groups excluding carboxylic acids is 6. The van der Waals surface area contributed by atoms with Crippen LogP contribution >= 0.6 is 15.2 Å². The number of methoxy groups -OCH3 is 1. The highest BCUT2D eigenvalue weighted by Gasteiger charge is 2.45. The predicted molar refractivity (Wildman–Crippen MR) is 522 cm³/mol. The Morgan fingerprint density at radius 3 is 1.58 bits per heavy atom. The van der Waals surface area contributed by atoms with E-state index in [1.54, 1.807) is 146 Å². The second kappa shape index (κ2) is 52.1. The summed E-state index contributed by atoms with van der Waals surface area (Å²) in [5.74, 6) is -1.68. The first kappa shape index (κ1) is 103. The summed E-state index contributed by atoms with van der Waals surface area (Å²) in [5, 5.41) is 18.5. The quantitative estimate of drug-likeness (QED) is 0.00465. The van der Waals surface area contributed by atoms with Gasteiger partial charge in [0.1, 0.15) is 72.1 Å². The molecule has 12 rings (SSSR count). The van der Waals surface area contributed by atoms with Gasteiger partial charge in [-0.1, -0.05) is 115 Å². The molecule has 5 amide bonds. The number of guanidine groups is 2. The van der Waals surface area contributed by atoms with Gasteiger partial charge in [-0.3, -0.25) is 23.9 Å². The predicted octanol–water partition coefficient (Wildman–Crippen LogP) is 15.4. The normalized spacial score (nSPS) is 12.7. The van der Waals surface area contributed by atoms with Crippen LogP contribution in [0, 0.1) is 0 Å². The summed E-state index contributed by atoms with van der Waals surface area (Å²) >= 11 is 0. The van der Waals surface area contributed by atoms with Gasteiger partial charge in [-0.05, 0) is 179 Å². The van der Waals surface area contributed by atoms with Gasteiger partial charge in [0.05, 0.1) is 69.9 Å². The highest BCUT2D eigenvalue weighted by molar-refractivity contribution is 7.55. The van der Waals surface area contributed by atoms with E-state index >= 15 is 0 Å². The molecule has 136 heavy (non-hydrogen) atoms. The monoisotopic (exact) mass is 1900 g/mol. The number of fused-ring (bicyclic) bond motifs is 2. The van der Waals surface area contributed by atoms with Crippen molar-refractivity contribution in [1.29, 1.82) is 0 Å². The van der Waals surface area contributed by atoms with Crippen LogP contribution in [0.15, 0.2) is 239 Å². The standard InChI is InChI=1S/C68H82N11O10P.C31H38N5O9P/c1-5-75(6-2)53-33-35-59-61(46-53)87-62-47-54(76(7-3)8-4)34-36-60(62)64(59)57-26-19-20-27-58(57)66(81)78-40-38-77(39-41-78)63(80)28-18-10-9-11-21-37-79-48-52(73-74-79)49-85-43-42-84-44-45-86-68(82)72-65(50-29-31-51(32-30-50)71-67(69)70)90(83,88-55-22-14-12-15-23-55)89-56-24-16-13-17-25-56;1-21(37)20-23-4-12-27(13-5-23)44-46(40,45-28-14-10-25(11-15-28)34-22(2)38)29(24-6-8-26(9-7-24)35-30(32)33)36-31(39)43-19-18-42-17-16-41-3/h12-17,19-20,22-27,29-36,46-48,65H,5-11,18,21,28,37-45,49H2,1-4H3,(H4-,69,70,71,72,82);4-15,29H,16-20H2,1-3H3,(H,34,38)(H,36,39)(H4,32,33,35)/p+1. The van der Waals surface area contributed by atoms with Crippen molar-refractivity contribution in [3.8, 4) is 45.4 Å². The number of unbranched alkanes of at least 4 members (excludes halogenated alkanes) is 4. The zero-order valence-electron chi connectivity index (χ0n) is 77.7. The molecule has 3 atom stereocenters. The van der Waals surface area contributed by atoms with Crippen molar-refractivity contribution in [1.82, 2.24) is 40.0 Å². The molecule has 37 heteroatoms. The number of nitrogens with two attached hydrogens (primary N) is 4. The second-order valence-electron chi connectivity index (χ2n) is 31.6. The van der Waals surface area contributed by atoms with Crippen LogP contribution in [-0.4, -0.2) is 185 Å². The Bertz CT molecular complexity index is 5820. The van der Waals surface area contributed by atoms with Crippen molar-refractivity contribution in [2.24, 2.45) is 32.9 Å². The smallest absolute Gasteiger partial charge is 0.456 e. The molecule has 0 bridgehead atoms. The van der Waals surface area contributed by atoms with E-state index < -0.39 is 38.9 Å². The first-order valence-electron chi connectivity index (χ1n) is 45.2. The molecule has 0 spiro atoms. The Labute approximate surface area is 791 Å². The number of carbonyl (C=O) groups is 6. The summed E-state index contributed by atoms with van der Waals surface area (Å²) in [6.07, 6.45) is 5.42. The molecule has 2 aliphatic heterocycles. The molecule has 1 fully saturated rings. The van der Waals surface area contributed by atoms with Crippen LogP contribution in [0.1, 0.15) is 124 Å². The zero-order chi connectivity index (χ0) is 96.8. The molecule has 0 saturated carbocycles. The Morgan fingerprint density at radius 2 is 1.04 bits per heavy atom. The summed E-state index contributed by atoms with van der Waals surface area (Å²) < 4.78 is 97.2. The number of ketones is 1. The minimum Gasteiger partial charge on any atom is -0.456 e. The number of para-hydroxylation sites is 2. The van der Waals surface area contributed by atoms with Crippen molar-refractivity contribution in [3.05, 3.63) is 258 Å². The number of nitrogens with one attached hydrogen (secondary N) is 3. The highest BCUT2D eigenvalue weighted by Crippen LogP contribution is 2.61. The Balaban J connectivity index is 0.000000324. The first-order chi connectivity index (χ1) is 65.8. The maximum atomic E-state index is 14.9. The van der Waals surface area contributed by atoms with E-state index in [9.17, 15) is 37.9 Å². The van der Waals surface area contributed by atoms with Crippen LogP contribution in [0.3, 0.4) is 0 Å². The lowest BCUT2D eigenvalue weighted by molar-refractivity contribution is -0.132. The van der Waals surface area contributed by atoms with Gasteiger partial charge in [0.2, 0.25) is 17.2 Å². The number of anilines is 2. The molecule has 35 nitrogen and oxygen atoms in total. The van der Waals surface area contributed by atoms with Gasteiger partial charge in [0.15, 0.2) is 23.5 Å². The number of ether oxygens (including phenoxy) is 6. The van der Waals surface area contributed by atoms with Crippen molar-refractivity contribution in [2.45, 2.75) is 111 Å². The number of Topliss-reactive ketones (excluding diaryl/α,β-unsaturated/α-hetero) is 1. The minimum absolute atomic E-state index is 0.0265. The molecule has 8 aromatic carbocycles. The van der Waals surface area contributed by atoms with Crippen LogP contribution in [-0.2, 0) is 71.5 Å². The lowest BCUT2D eigenvalue weighted by Gasteiger charge is -2.35. The van der Waals surface area contributed by atoms with Gasteiger partial charge >= 0.3 is 27.4 Å². The van der Waals surface area contributed by atoms with E-state index in [0.29, 0.717) is 91.8 Å². The van der Waals surface area contributed by atoms with Crippen molar-refractivity contribution < 1.29 is 88.8 Å². The number of nitrogens with zero attached hydrogens (tertiary/aromatic N) is 9. The number of alkyl carbamates (subject to hydrolysis) is 2. The topological polar surface area (TPSA) is 450 Å². The van der Waals surface area contributed by atoms with Gasteiger partial charge < -0.3 is 105 Å². The summed E-state index contributed by atoms with van der Waals surface area (Å²) in [7, 11) is -7.19. The zero-order valence-corrected chi connectivity index (χ0v) is 79.5. The third kappa shape index (κ3) is 30.8. The molecule has 9 aromatic rings. The number of amides is 5. The maximum Gasteiger partial charge on any atom is 0.457 e.